The Balaban J connectivity index is 1.77. The Morgan fingerprint density at radius 1 is 1.47 bits per heavy atom. The molecule has 92 valence electrons. The van der Waals surface area contributed by atoms with Crippen LogP contribution in [0, 0.1) is 18.7 Å². The third kappa shape index (κ3) is 3.73. The smallest absolute Gasteiger partial charge is 0.239 e. The van der Waals surface area contributed by atoms with Crippen LogP contribution in [0.15, 0.2) is 18.2 Å². The lowest BCUT2D eigenvalue weighted by Gasteiger charge is -2.08. The van der Waals surface area contributed by atoms with E-state index < -0.39 is 0 Å². The normalized spacial score (nSPS) is 14.5. The zero-order chi connectivity index (χ0) is 12.3. The molecule has 4 heteroatoms. The summed E-state index contributed by atoms with van der Waals surface area (Å²) in [4.78, 5) is 11.4. The van der Waals surface area contributed by atoms with Crippen molar-refractivity contribution in [3.8, 4) is 0 Å². The summed E-state index contributed by atoms with van der Waals surface area (Å²) >= 11 is 0. The predicted octanol–water partition coefficient (Wildman–Crippen LogP) is 2.07. The molecule has 0 heterocycles. The summed E-state index contributed by atoms with van der Waals surface area (Å²) in [6.07, 6.45) is 2.42. The Morgan fingerprint density at radius 3 is 2.88 bits per heavy atom. The Morgan fingerprint density at radius 2 is 2.24 bits per heavy atom. The molecule has 17 heavy (non-hydrogen) atoms. The molecule has 2 N–H and O–H groups in total. The van der Waals surface area contributed by atoms with Gasteiger partial charge in [0.05, 0.1) is 12.2 Å². The first kappa shape index (κ1) is 11.9. The van der Waals surface area contributed by atoms with E-state index in [-0.39, 0.29) is 18.3 Å². The van der Waals surface area contributed by atoms with E-state index in [0.29, 0.717) is 11.6 Å². The van der Waals surface area contributed by atoms with Gasteiger partial charge in [-0.05, 0) is 43.4 Å². The number of hydrogen-bond donors (Lipinski definition) is 2. The maximum atomic E-state index is 13.4. The molecule has 0 spiro atoms. The number of rotatable bonds is 5. The largest absolute Gasteiger partial charge is 0.374 e. The van der Waals surface area contributed by atoms with Crippen molar-refractivity contribution in [2.24, 2.45) is 5.92 Å². The predicted molar refractivity (Wildman–Crippen MR) is 65.4 cm³/mol. The molecule has 1 aliphatic carbocycles. The SMILES string of the molecule is Cc1ccc(NCC(=O)NCC2CC2)c(F)c1. The molecular formula is C13H17FN2O. The Hall–Kier alpha value is -1.58. The lowest BCUT2D eigenvalue weighted by Crippen LogP contribution is -2.31. The summed E-state index contributed by atoms with van der Waals surface area (Å²) in [6, 6.07) is 4.91. The number of amides is 1. The monoisotopic (exact) mass is 236 g/mol. The molecule has 1 saturated carbocycles. The number of benzene rings is 1. The van der Waals surface area contributed by atoms with Gasteiger partial charge in [0.1, 0.15) is 5.82 Å². The van der Waals surface area contributed by atoms with Gasteiger partial charge in [0.25, 0.3) is 0 Å². The topological polar surface area (TPSA) is 41.1 Å². The molecule has 1 aromatic carbocycles. The van der Waals surface area contributed by atoms with Gasteiger partial charge in [-0.15, -0.1) is 0 Å². The van der Waals surface area contributed by atoms with E-state index in [4.69, 9.17) is 0 Å². The molecule has 0 radical (unpaired) electrons. The van der Waals surface area contributed by atoms with Gasteiger partial charge in [0, 0.05) is 6.54 Å². The number of anilines is 1. The van der Waals surface area contributed by atoms with Crippen molar-refractivity contribution in [3.63, 3.8) is 0 Å². The molecule has 0 atom stereocenters. The second-order valence-electron chi connectivity index (χ2n) is 4.58. The van der Waals surface area contributed by atoms with Crippen LogP contribution in [-0.4, -0.2) is 19.0 Å². The van der Waals surface area contributed by atoms with Crippen LogP contribution in [0.5, 0.6) is 0 Å². The van der Waals surface area contributed by atoms with Crippen LogP contribution < -0.4 is 10.6 Å². The van der Waals surface area contributed by atoms with Crippen LogP contribution in [0.25, 0.3) is 0 Å². The molecule has 0 bridgehead atoms. The Kier molecular flexibility index (Phi) is 3.61. The molecule has 0 saturated heterocycles. The van der Waals surface area contributed by atoms with E-state index in [1.54, 1.807) is 6.07 Å². The van der Waals surface area contributed by atoms with E-state index in [9.17, 15) is 9.18 Å². The van der Waals surface area contributed by atoms with Crippen molar-refractivity contribution in [1.82, 2.24) is 5.32 Å². The average molecular weight is 236 g/mol. The van der Waals surface area contributed by atoms with Crippen LogP contribution in [0.2, 0.25) is 0 Å². The third-order valence-electron chi connectivity index (χ3n) is 2.85. The van der Waals surface area contributed by atoms with Gasteiger partial charge < -0.3 is 10.6 Å². The number of carbonyl (C=O) groups is 1. The molecule has 1 amide bonds. The standard InChI is InChI=1S/C13H17FN2O/c1-9-2-5-12(11(14)6-9)15-8-13(17)16-7-10-3-4-10/h2,5-6,10,15H,3-4,7-8H2,1H3,(H,16,17). The number of halogens is 1. The first-order chi connectivity index (χ1) is 8.15. The van der Waals surface area contributed by atoms with Gasteiger partial charge >= 0.3 is 0 Å². The minimum Gasteiger partial charge on any atom is -0.374 e. The fraction of sp³-hybridized carbons (Fsp3) is 0.462. The van der Waals surface area contributed by atoms with Crippen molar-refractivity contribution >= 4 is 11.6 Å². The third-order valence-corrected chi connectivity index (χ3v) is 2.85. The summed E-state index contributed by atoms with van der Waals surface area (Å²) in [6.45, 7) is 2.69. The molecule has 2 rings (SSSR count). The Labute approximate surface area is 100 Å². The van der Waals surface area contributed by atoms with E-state index in [2.05, 4.69) is 10.6 Å². The first-order valence-electron chi connectivity index (χ1n) is 5.92. The maximum absolute atomic E-state index is 13.4. The summed E-state index contributed by atoms with van der Waals surface area (Å²) < 4.78 is 13.4. The van der Waals surface area contributed by atoms with Crippen molar-refractivity contribution in [2.75, 3.05) is 18.4 Å². The maximum Gasteiger partial charge on any atom is 0.239 e. The fourth-order valence-electron chi connectivity index (χ4n) is 1.58. The Bertz CT molecular complexity index is 416. The minimum absolute atomic E-state index is 0.0862. The molecule has 1 aromatic rings. The van der Waals surface area contributed by atoms with Gasteiger partial charge in [-0.2, -0.15) is 0 Å². The highest BCUT2D eigenvalue weighted by molar-refractivity contribution is 5.80. The fourth-order valence-corrected chi connectivity index (χ4v) is 1.58. The van der Waals surface area contributed by atoms with Crippen LogP contribution >= 0.6 is 0 Å². The second kappa shape index (κ2) is 5.17. The zero-order valence-electron chi connectivity index (χ0n) is 9.92. The molecule has 0 aromatic heterocycles. The minimum atomic E-state index is -0.319. The summed E-state index contributed by atoms with van der Waals surface area (Å²) in [7, 11) is 0. The molecule has 0 aliphatic heterocycles. The van der Waals surface area contributed by atoms with Crippen LogP contribution in [-0.2, 0) is 4.79 Å². The second-order valence-corrected chi connectivity index (χ2v) is 4.58. The number of nitrogens with one attached hydrogen (secondary N) is 2. The van der Waals surface area contributed by atoms with Gasteiger partial charge in [0.15, 0.2) is 0 Å². The summed E-state index contributed by atoms with van der Waals surface area (Å²) in [5, 5.41) is 5.62. The van der Waals surface area contributed by atoms with Gasteiger partial charge in [-0.25, -0.2) is 4.39 Å². The first-order valence-corrected chi connectivity index (χ1v) is 5.92. The summed E-state index contributed by atoms with van der Waals surface area (Å²) in [5.41, 5.74) is 1.24. The van der Waals surface area contributed by atoms with Crippen molar-refractivity contribution < 1.29 is 9.18 Å². The molecule has 1 aliphatic rings. The quantitative estimate of drug-likeness (QED) is 0.821. The van der Waals surface area contributed by atoms with Gasteiger partial charge in [0.2, 0.25) is 5.91 Å². The summed E-state index contributed by atoms with van der Waals surface area (Å²) in [5.74, 6) is 0.256. The van der Waals surface area contributed by atoms with Crippen LogP contribution in [0.1, 0.15) is 18.4 Å². The van der Waals surface area contributed by atoms with Gasteiger partial charge in [-0.3, -0.25) is 4.79 Å². The highest BCUT2D eigenvalue weighted by atomic mass is 19.1. The zero-order valence-corrected chi connectivity index (χ0v) is 9.92. The highest BCUT2D eigenvalue weighted by Gasteiger charge is 2.21. The number of aryl methyl sites for hydroxylation is 1. The van der Waals surface area contributed by atoms with Crippen molar-refractivity contribution in [3.05, 3.63) is 29.6 Å². The molecule has 1 fully saturated rings. The van der Waals surface area contributed by atoms with E-state index >= 15 is 0 Å². The van der Waals surface area contributed by atoms with E-state index in [1.165, 1.54) is 18.9 Å². The number of hydrogen-bond acceptors (Lipinski definition) is 2. The number of carbonyl (C=O) groups excluding carboxylic acids is 1. The molecule has 3 nitrogen and oxygen atoms in total. The lowest BCUT2D eigenvalue weighted by molar-refractivity contribution is -0.119. The van der Waals surface area contributed by atoms with E-state index in [1.807, 2.05) is 13.0 Å². The van der Waals surface area contributed by atoms with E-state index in [0.717, 1.165) is 12.1 Å². The average Bonchev–Trinajstić information content (AvgIpc) is 3.09. The van der Waals surface area contributed by atoms with Crippen molar-refractivity contribution in [2.45, 2.75) is 19.8 Å². The van der Waals surface area contributed by atoms with Gasteiger partial charge in [-0.1, -0.05) is 6.07 Å². The van der Waals surface area contributed by atoms with Crippen molar-refractivity contribution in [1.29, 1.82) is 0 Å². The van der Waals surface area contributed by atoms with Crippen LogP contribution in [0.4, 0.5) is 10.1 Å². The van der Waals surface area contributed by atoms with Crippen LogP contribution in [0.3, 0.4) is 0 Å². The highest BCUT2D eigenvalue weighted by Crippen LogP contribution is 2.27. The lowest BCUT2D eigenvalue weighted by atomic mass is 10.2. The molecular weight excluding hydrogens is 219 g/mol. The molecule has 0 unspecified atom stereocenters.